The second-order valence-corrected chi connectivity index (χ2v) is 3.48. The SMILES string of the molecule is C/C=C(/CNCCNC/C(=C/C)NC)NC. The van der Waals surface area contributed by atoms with E-state index in [1.54, 1.807) is 0 Å². The minimum absolute atomic E-state index is 0.900. The van der Waals surface area contributed by atoms with Crippen molar-refractivity contribution in [2.24, 2.45) is 0 Å². The van der Waals surface area contributed by atoms with Crippen LogP contribution in [0.1, 0.15) is 13.8 Å². The minimum Gasteiger partial charge on any atom is -0.391 e. The van der Waals surface area contributed by atoms with E-state index in [2.05, 4.69) is 33.4 Å². The zero-order valence-electron chi connectivity index (χ0n) is 11.0. The molecular weight excluding hydrogens is 200 g/mol. The van der Waals surface area contributed by atoms with E-state index < -0.39 is 0 Å². The normalized spacial score (nSPS) is 12.8. The summed E-state index contributed by atoms with van der Waals surface area (Å²) in [6, 6.07) is 0. The van der Waals surface area contributed by atoms with Gasteiger partial charge in [-0.2, -0.15) is 0 Å². The van der Waals surface area contributed by atoms with Crippen LogP contribution >= 0.6 is 0 Å². The predicted octanol–water partition coefficient (Wildman–Crippen LogP) is 0.412. The molecule has 0 aliphatic rings. The fourth-order valence-electron chi connectivity index (χ4n) is 1.29. The summed E-state index contributed by atoms with van der Waals surface area (Å²) in [4.78, 5) is 0. The second kappa shape index (κ2) is 10.5. The standard InChI is InChI=1S/C12H26N4/c1-5-11(13-3)9-15-7-8-16-10-12(6-2)14-4/h5-6,13-16H,7-10H2,1-4H3/b11-5-,12-6-. The van der Waals surface area contributed by atoms with Crippen LogP contribution in [-0.2, 0) is 0 Å². The lowest BCUT2D eigenvalue weighted by atomic mass is 10.4. The van der Waals surface area contributed by atoms with Gasteiger partial charge in [-0.3, -0.25) is 0 Å². The molecule has 0 unspecified atom stereocenters. The van der Waals surface area contributed by atoms with Gasteiger partial charge < -0.3 is 21.3 Å². The van der Waals surface area contributed by atoms with Gasteiger partial charge in [-0.05, 0) is 13.8 Å². The van der Waals surface area contributed by atoms with E-state index >= 15 is 0 Å². The zero-order valence-corrected chi connectivity index (χ0v) is 11.0. The molecule has 0 saturated carbocycles. The third-order valence-corrected chi connectivity index (χ3v) is 2.45. The fourth-order valence-corrected chi connectivity index (χ4v) is 1.29. The molecule has 0 aliphatic carbocycles. The Hall–Kier alpha value is -1.00. The summed E-state index contributed by atoms with van der Waals surface area (Å²) in [5.41, 5.74) is 2.45. The molecule has 0 saturated heterocycles. The molecule has 0 aromatic carbocycles. The lowest BCUT2D eigenvalue weighted by Crippen LogP contribution is -2.32. The lowest BCUT2D eigenvalue weighted by molar-refractivity contribution is 0.633. The molecule has 0 spiro atoms. The highest BCUT2D eigenvalue weighted by Gasteiger charge is 1.93. The predicted molar refractivity (Wildman–Crippen MR) is 71.4 cm³/mol. The maximum atomic E-state index is 3.36. The van der Waals surface area contributed by atoms with Crippen molar-refractivity contribution < 1.29 is 0 Å². The molecule has 16 heavy (non-hydrogen) atoms. The summed E-state index contributed by atoms with van der Waals surface area (Å²) in [7, 11) is 3.89. The van der Waals surface area contributed by atoms with Crippen LogP contribution in [0.4, 0.5) is 0 Å². The number of hydrogen-bond acceptors (Lipinski definition) is 4. The van der Waals surface area contributed by atoms with Crippen molar-refractivity contribution in [3.63, 3.8) is 0 Å². The molecule has 4 heteroatoms. The first-order valence-electron chi connectivity index (χ1n) is 5.85. The first-order chi connectivity index (χ1) is 7.78. The third kappa shape index (κ3) is 7.31. The Morgan fingerprint density at radius 2 is 1.19 bits per heavy atom. The number of likely N-dealkylation sites (N-methyl/N-ethyl adjacent to an activating group) is 2. The monoisotopic (exact) mass is 226 g/mol. The number of rotatable bonds is 9. The molecule has 0 aliphatic heterocycles. The highest BCUT2D eigenvalue weighted by atomic mass is 15.0. The van der Waals surface area contributed by atoms with Crippen LogP contribution in [0.5, 0.6) is 0 Å². The van der Waals surface area contributed by atoms with Crippen LogP contribution in [-0.4, -0.2) is 40.3 Å². The number of nitrogens with one attached hydrogen (secondary N) is 4. The summed E-state index contributed by atoms with van der Waals surface area (Å²) in [6.45, 7) is 7.82. The first kappa shape index (κ1) is 15.0. The van der Waals surface area contributed by atoms with Crippen LogP contribution in [0.25, 0.3) is 0 Å². The van der Waals surface area contributed by atoms with Crippen LogP contribution in [0.15, 0.2) is 23.5 Å². The maximum absolute atomic E-state index is 3.36. The lowest BCUT2D eigenvalue weighted by Gasteiger charge is -2.10. The average Bonchev–Trinajstić information content (AvgIpc) is 2.33. The van der Waals surface area contributed by atoms with E-state index in [1.807, 2.05) is 27.9 Å². The first-order valence-corrected chi connectivity index (χ1v) is 5.85. The van der Waals surface area contributed by atoms with Gasteiger partial charge in [0.1, 0.15) is 0 Å². The van der Waals surface area contributed by atoms with E-state index in [0.717, 1.165) is 26.2 Å². The Morgan fingerprint density at radius 1 is 0.812 bits per heavy atom. The summed E-state index contributed by atoms with van der Waals surface area (Å²) in [6.07, 6.45) is 4.17. The Labute approximate surface area is 99.6 Å². The Bertz CT molecular complexity index is 197. The molecule has 4 N–H and O–H groups in total. The highest BCUT2D eigenvalue weighted by Crippen LogP contribution is 1.84. The molecule has 94 valence electrons. The molecule has 0 bridgehead atoms. The largest absolute Gasteiger partial charge is 0.391 e. The molecular formula is C12H26N4. The van der Waals surface area contributed by atoms with Crippen molar-refractivity contribution in [3.8, 4) is 0 Å². The smallest absolute Gasteiger partial charge is 0.0351 e. The summed E-state index contributed by atoms with van der Waals surface area (Å²) < 4.78 is 0. The summed E-state index contributed by atoms with van der Waals surface area (Å²) in [5, 5.41) is 13.0. The second-order valence-electron chi connectivity index (χ2n) is 3.48. The van der Waals surface area contributed by atoms with Crippen molar-refractivity contribution in [2.45, 2.75) is 13.8 Å². The van der Waals surface area contributed by atoms with E-state index in [-0.39, 0.29) is 0 Å². The van der Waals surface area contributed by atoms with E-state index in [0.29, 0.717) is 0 Å². The van der Waals surface area contributed by atoms with Crippen molar-refractivity contribution in [1.82, 2.24) is 21.3 Å². The zero-order chi connectivity index (χ0) is 12.2. The molecule has 0 amide bonds. The van der Waals surface area contributed by atoms with E-state index in [1.165, 1.54) is 11.4 Å². The van der Waals surface area contributed by atoms with Gasteiger partial charge in [0.2, 0.25) is 0 Å². The van der Waals surface area contributed by atoms with E-state index in [4.69, 9.17) is 0 Å². The number of hydrogen-bond donors (Lipinski definition) is 4. The van der Waals surface area contributed by atoms with Gasteiger partial charge in [-0.15, -0.1) is 0 Å². The molecule has 0 aromatic heterocycles. The third-order valence-electron chi connectivity index (χ3n) is 2.45. The van der Waals surface area contributed by atoms with Crippen molar-refractivity contribution in [2.75, 3.05) is 40.3 Å². The molecule has 0 heterocycles. The molecule has 0 radical (unpaired) electrons. The molecule has 0 rings (SSSR count). The highest BCUT2D eigenvalue weighted by molar-refractivity contribution is 4.99. The molecule has 0 atom stereocenters. The molecule has 4 nitrogen and oxygen atoms in total. The van der Waals surface area contributed by atoms with Crippen LogP contribution < -0.4 is 21.3 Å². The fraction of sp³-hybridized carbons (Fsp3) is 0.667. The van der Waals surface area contributed by atoms with Crippen LogP contribution in [0.3, 0.4) is 0 Å². The molecule has 0 aromatic rings. The minimum atomic E-state index is 0.900. The van der Waals surface area contributed by atoms with Crippen molar-refractivity contribution in [3.05, 3.63) is 23.5 Å². The topological polar surface area (TPSA) is 48.1 Å². The van der Waals surface area contributed by atoms with Gasteiger partial charge in [0.25, 0.3) is 0 Å². The van der Waals surface area contributed by atoms with E-state index in [9.17, 15) is 0 Å². The van der Waals surface area contributed by atoms with Crippen LogP contribution in [0.2, 0.25) is 0 Å². The van der Waals surface area contributed by atoms with Crippen molar-refractivity contribution in [1.29, 1.82) is 0 Å². The Morgan fingerprint density at radius 3 is 1.44 bits per heavy atom. The Balaban J connectivity index is 3.41. The molecule has 0 fully saturated rings. The van der Waals surface area contributed by atoms with Gasteiger partial charge in [0.05, 0.1) is 0 Å². The summed E-state index contributed by atoms with van der Waals surface area (Å²) >= 11 is 0. The van der Waals surface area contributed by atoms with Gasteiger partial charge in [-0.1, -0.05) is 12.2 Å². The van der Waals surface area contributed by atoms with Gasteiger partial charge in [0, 0.05) is 51.7 Å². The van der Waals surface area contributed by atoms with Gasteiger partial charge >= 0.3 is 0 Å². The maximum Gasteiger partial charge on any atom is 0.0351 e. The average molecular weight is 226 g/mol. The Kier molecular flexibility index (Phi) is 9.86. The number of allylic oxidation sites excluding steroid dienone is 2. The van der Waals surface area contributed by atoms with Gasteiger partial charge in [0.15, 0.2) is 0 Å². The van der Waals surface area contributed by atoms with Crippen molar-refractivity contribution >= 4 is 0 Å². The van der Waals surface area contributed by atoms with Gasteiger partial charge in [-0.25, -0.2) is 0 Å². The quantitative estimate of drug-likeness (QED) is 0.430. The van der Waals surface area contributed by atoms with Crippen LogP contribution in [0, 0.1) is 0 Å². The summed E-state index contributed by atoms with van der Waals surface area (Å²) in [5.74, 6) is 0.